The van der Waals surface area contributed by atoms with Crippen molar-refractivity contribution < 1.29 is 23.9 Å². The molecule has 1 aliphatic rings. The van der Waals surface area contributed by atoms with Crippen molar-refractivity contribution in [2.75, 3.05) is 19.0 Å². The molecule has 1 aromatic rings. The van der Waals surface area contributed by atoms with Crippen molar-refractivity contribution in [3.05, 3.63) is 16.0 Å². The summed E-state index contributed by atoms with van der Waals surface area (Å²) in [7, 11) is 1.33. The van der Waals surface area contributed by atoms with Crippen LogP contribution in [0.4, 0.5) is 5.00 Å². The molecule has 126 valence electrons. The number of anilines is 1. The second kappa shape index (κ2) is 7.59. The van der Waals surface area contributed by atoms with Crippen LogP contribution in [0.2, 0.25) is 0 Å². The second-order valence-corrected chi connectivity index (χ2v) is 6.72. The Hall–Kier alpha value is -1.89. The Bertz CT molecular complexity index is 622. The highest BCUT2D eigenvalue weighted by atomic mass is 32.1. The van der Waals surface area contributed by atoms with Gasteiger partial charge in [0.1, 0.15) is 5.00 Å². The molecular formula is C16H21NO5S. The van der Waals surface area contributed by atoms with Crippen LogP contribution in [0.25, 0.3) is 0 Å². The molecule has 0 saturated heterocycles. The SMILES string of the molecule is CCC(=O)OCC(=O)Nc1sc2c(c1C(=O)OC)CC[C@H](C)C2. The van der Waals surface area contributed by atoms with Crippen LogP contribution in [0.5, 0.6) is 0 Å². The third kappa shape index (κ3) is 4.10. The summed E-state index contributed by atoms with van der Waals surface area (Å²) in [5.74, 6) is -0.783. The molecule has 0 aliphatic heterocycles. The molecule has 23 heavy (non-hydrogen) atoms. The van der Waals surface area contributed by atoms with E-state index in [1.54, 1.807) is 6.92 Å². The first-order valence-corrected chi connectivity index (χ1v) is 8.46. The Morgan fingerprint density at radius 2 is 2.09 bits per heavy atom. The van der Waals surface area contributed by atoms with Crippen LogP contribution in [0, 0.1) is 5.92 Å². The van der Waals surface area contributed by atoms with Crippen molar-refractivity contribution in [1.29, 1.82) is 0 Å². The van der Waals surface area contributed by atoms with Gasteiger partial charge in [-0.2, -0.15) is 0 Å². The normalized spacial score (nSPS) is 16.4. The van der Waals surface area contributed by atoms with Crippen molar-refractivity contribution >= 4 is 34.2 Å². The summed E-state index contributed by atoms with van der Waals surface area (Å²) in [4.78, 5) is 36.3. The topological polar surface area (TPSA) is 81.7 Å². The Labute approximate surface area is 139 Å². The molecule has 2 rings (SSSR count). The van der Waals surface area contributed by atoms with E-state index in [0.29, 0.717) is 16.5 Å². The predicted octanol–water partition coefficient (Wildman–Crippen LogP) is 2.55. The van der Waals surface area contributed by atoms with Crippen molar-refractivity contribution in [2.24, 2.45) is 5.92 Å². The van der Waals surface area contributed by atoms with Gasteiger partial charge in [-0.05, 0) is 30.7 Å². The van der Waals surface area contributed by atoms with E-state index in [1.807, 2.05) is 0 Å². The molecule has 7 heteroatoms. The van der Waals surface area contributed by atoms with Crippen LogP contribution >= 0.6 is 11.3 Å². The molecule has 1 aromatic heterocycles. The van der Waals surface area contributed by atoms with Gasteiger partial charge in [0.05, 0.1) is 12.7 Å². The van der Waals surface area contributed by atoms with E-state index in [0.717, 1.165) is 29.7 Å². The van der Waals surface area contributed by atoms with Gasteiger partial charge in [0.25, 0.3) is 5.91 Å². The number of carbonyl (C=O) groups excluding carboxylic acids is 3. The van der Waals surface area contributed by atoms with Crippen LogP contribution in [0.1, 0.15) is 47.5 Å². The smallest absolute Gasteiger partial charge is 0.341 e. The molecule has 0 radical (unpaired) electrons. The average molecular weight is 339 g/mol. The van der Waals surface area contributed by atoms with E-state index in [-0.39, 0.29) is 13.0 Å². The zero-order valence-corrected chi connectivity index (χ0v) is 14.4. The van der Waals surface area contributed by atoms with Gasteiger partial charge in [0.2, 0.25) is 0 Å². The number of nitrogens with one attached hydrogen (secondary N) is 1. The highest BCUT2D eigenvalue weighted by Gasteiger charge is 2.28. The fourth-order valence-electron chi connectivity index (χ4n) is 2.57. The summed E-state index contributed by atoms with van der Waals surface area (Å²) in [5.41, 5.74) is 1.41. The van der Waals surface area contributed by atoms with Crippen LogP contribution in [-0.4, -0.2) is 31.6 Å². The summed E-state index contributed by atoms with van der Waals surface area (Å²) in [6, 6.07) is 0. The van der Waals surface area contributed by atoms with Crippen LogP contribution < -0.4 is 5.32 Å². The van der Waals surface area contributed by atoms with Crippen molar-refractivity contribution in [3.8, 4) is 0 Å². The van der Waals surface area contributed by atoms with Gasteiger partial charge >= 0.3 is 11.9 Å². The quantitative estimate of drug-likeness (QED) is 0.834. The molecule has 1 amide bonds. The van der Waals surface area contributed by atoms with Gasteiger partial charge in [-0.25, -0.2) is 4.79 Å². The molecule has 1 N–H and O–H groups in total. The number of amides is 1. The fourth-order valence-corrected chi connectivity index (χ4v) is 3.98. The lowest BCUT2D eigenvalue weighted by Gasteiger charge is -2.18. The first-order valence-electron chi connectivity index (χ1n) is 7.64. The van der Waals surface area contributed by atoms with Crippen LogP contribution in [0.3, 0.4) is 0 Å². The Kier molecular flexibility index (Phi) is 5.76. The molecule has 1 heterocycles. The lowest BCUT2D eigenvalue weighted by atomic mass is 9.88. The van der Waals surface area contributed by atoms with Gasteiger partial charge in [0.15, 0.2) is 6.61 Å². The largest absolute Gasteiger partial charge is 0.465 e. The maximum atomic E-state index is 12.1. The summed E-state index contributed by atoms with van der Waals surface area (Å²) >= 11 is 1.40. The van der Waals surface area contributed by atoms with E-state index in [9.17, 15) is 14.4 Å². The van der Waals surface area contributed by atoms with Gasteiger partial charge in [0, 0.05) is 11.3 Å². The number of thiophene rings is 1. The Morgan fingerprint density at radius 3 is 2.74 bits per heavy atom. The van der Waals surface area contributed by atoms with Crippen LogP contribution in [0.15, 0.2) is 0 Å². The molecule has 0 spiro atoms. The standard InChI is InChI=1S/C16H21NO5S/c1-4-13(19)22-8-12(18)17-15-14(16(20)21-3)10-6-5-9(2)7-11(10)23-15/h9H,4-8H2,1-3H3,(H,17,18)/t9-/m0/s1. The molecule has 1 atom stereocenters. The lowest BCUT2D eigenvalue weighted by molar-refractivity contribution is -0.146. The average Bonchev–Trinajstić information content (AvgIpc) is 2.88. The monoisotopic (exact) mass is 339 g/mol. The molecule has 0 fully saturated rings. The summed E-state index contributed by atoms with van der Waals surface area (Å²) < 4.78 is 9.66. The molecule has 6 nitrogen and oxygen atoms in total. The molecule has 0 aromatic carbocycles. The van der Waals surface area contributed by atoms with Crippen molar-refractivity contribution in [1.82, 2.24) is 0 Å². The third-order valence-electron chi connectivity index (χ3n) is 3.81. The second-order valence-electron chi connectivity index (χ2n) is 5.61. The fraction of sp³-hybridized carbons (Fsp3) is 0.562. The number of fused-ring (bicyclic) bond motifs is 1. The van der Waals surface area contributed by atoms with Crippen molar-refractivity contribution in [3.63, 3.8) is 0 Å². The number of hydrogen-bond donors (Lipinski definition) is 1. The predicted molar refractivity (Wildman–Crippen MR) is 86.7 cm³/mol. The van der Waals surface area contributed by atoms with E-state index in [1.165, 1.54) is 18.4 Å². The first-order chi connectivity index (χ1) is 11.0. The van der Waals surface area contributed by atoms with Crippen LogP contribution in [-0.2, 0) is 31.9 Å². The Morgan fingerprint density at radius 1 is 1.35 bits per heavy atom. The molecule has 0 saturated carbocycles. The number of rotatable bonds is 5. The highest BCUT2D eigenvalue weighted by molar-refractivity contribution is 7.17. The van der Waals surface area contributed by atoms with E-state index in [2.05, 4.69) is 12.2 Å². The maximum Gasteiger partial charge on any atom is 0.341 e. The number of carbonyl (C=O) groups is 3. The number of methoxy groups -OCH3 is 1. The van der Waals surface area contributed by atoms with Gasteiger partial charge < -0.3 is 14.8 Å². The molecule has 1 aliphatic carbocycles. The van der Waals surface area contributed by atoms with E-state index in [4.69, 9.17) is 9.47 Å². The minimum Gasteiger partial charge on any atom is -0.465 e. The molecule has 0 unspecified atom stereocenters. The highest BCUT2D eigenvalue weighted by Crippen LogP contribution is 2.39. The van der Waals surface area contributed by atoms with E-state index >= 15 is 0 Å². The first kappa shape index (κ1) is 17.5. The van der Waals surface area contributed by atoms with Gasteiger partial charge in [-0.1, -0.05) is 13.8 Å². The Balaban J connectivity index is 2.19. The summed E-state index contributed by atoms with van der Waals surface area (Å²) in [5, 5.41) is 3.16. The van der Waals surface area contributed by atoms with Gasteiger partial charge in [-0.15, -0.1) is 11.3 Å². The number of hydrogen-bond acceptors (Lipinski definition) is 6. The van der Waals surface area contributed by atoms with Crippen molar-refractivity contribution in [2.45, 2.75) is 39.5 Å². The zero-order chi connectivity index (χ0) is 17.0. The molecular weight excluding hydrogens is 318 g/mol. The third-order valence-corrected chi connectivity index (χ3v) is 4.98. The lowest BCUT2D eigenvalue weighted by Crippen LogP contribution is -2.21. The van der Waals surface area contributed by atoms with E-state index < -0.39 is 17.8 Å². The zero-order valence-electron chi connectivity index (χ0n) is 13.6. The number of ether oxygens (including phenoxy) is 2. The van der Waals surface area contributed by atoms with Gasteiger partial charge in [-0.3, -0.25) is 9.59 Å². The summed E-state index contributed by atoms with van der Waals surface area (Å²) in [6.07, 6.45) is 2.92. The molecule has 0 bridgehead atoms. The maximum absolute atomic E-state index is 12.1. The minimum absolute atomic E-state index is 0.214. The number of esters is 2. The minimum atomic E-state index is -0.455. The summed E-state index contributed by atoms with van der Waals surface area (Å²) in [6.45, 7) is 3.47.